The molecule has 0 bridgehead atoms. The molecular weight excluding hydrogens is 192 g/mol. The van der Waals surface area contributed by atoms with Crippen LogP contribution in [0.25, 0.3) is 0 Å². The van der Waals surface area contributed by atoms with E-state index in [1.54, 1.807) is 6.92 Å². The third-order valence-corrected chi connectivity index (χ3v) is 3.13. The van der Waals surface area contributed by atoms with Gasteiger partial charge in [0.2, 0.25) is 0 Å². The van der Waals surface area contributed by atoms with E-state index in [-0.39, 0.29) is 5.92 Å². The number of carbonyl (C=O) groups is 1. The van der Waals surface area contributed by atoms with Gasteiger partial charge in [-0.05, 0) is 19.3 Å². The summed E-state index contributed by atoms with van der Waals surface area (Å²) in [6, 6.07) is 0. The van der Waals surface area contributed by atoms with E-state index < -0.39 is 11.6 Å². The maximum absolute atomic E-state index is 10.7. The fourth-order valence-corrected chi connectivity index (χ4v) is 1.55. The summed E-state index contributed by atoms with van der Waals surface area (Å²) in [5.74, 6) is -1.31. The van der Waals surface area contributed by atoms with Gasteiger partial charge in [-0.15, -0.1) is 0 Å². The molecule has 0 aliphatic heterocycles. The number of unbranched alkanes of at least 4 members (excludes halogenated alkanes) is 4. The second-order valence-electron chi connectivity index (χ2n) is 4.56. The molecule has 0 fully saturated rings. The molecule has 0 heterocycles. The minimum atomic E-state index is -1.58. The first-order valence-electron chi connectivity index (χ1n) is 5.88. The fraction of sp³-hybridized carbons (Fsp3) is 0.917. The molecule has 3 nitrogen and oxygen atoms in total. The number of carboxylic acid groups (broad SMARTS) is 1. The van der Waals surface area contributed by atoms with Crippen molar-refractivity contribution >= 4 is 5.97 Å². The van der Waals surface area contributed by atoms with Crippen LogP contribution in [0.15, 0.2) is 0 Å². The van der Waals surface area contributed by atoms with Crippen molar-refractivity contribution in [2.75, 3.05) is 0 Å². The van der Waals surface area contributed by atoms with E-state index >= 15 is 0 Å². The molecular formula is C12H24O3. The Kier molecular flexibility index (Phi) is 6.57. The van der Waals surface area contributed by atoms with Crippen molar-refractivity contribution in [3.8, 4) is 0 Å². The maximum Gasteiger partial charge on any atom is 0.335 e. The van der Waals surface area contributed by atoms with E-state index in [4.69, 9.17) is 5.11 Å². The number of aliphatic carboxylic acids is 1. The number of aliphatic hydroxyl groups is 1. The lowest BCUT2D eigenvalue weighted by Gasteiger charge is -2.25. The minimum Gasteiger partial charge on any atom is -0.479 e. The molecule has 0 saturated carbocycles. The predicted octanol–water partition coefficient (Wildman–Crippen LogP) is 2.82. The molecule has 2 N–H and O–H groups in total. The summed E-state index contributed by atoms with van der Waals surface area (Å²) in [7, 11) is 0. The van der Waals surface area contributed by atoms with Gasteiger partial charge in [0, 0.05) is 0 Å². The molecule has 0 spiro atoms. The number of hydrogen-bond acceptors (Lipinski definition) is 2. The Morgan fingerprint density at radius 3 is 2.27 bits per heavy atom. The van der Waals surface area contributed by atoms with E-state index in [0.717, 1.165) is 19.3 Å². The summed E-state index contributed by atoms with van der Waals surface area (Å²) < 4.78 is 0. The Bertz CT molecular complexity index is 187. The van der Waals surface area contributed by atoms with E-state index in [1.165, 1.54) is 26.2 Å². The Hall–Kier alpha value is -0.570. The lowest BCUT2D eigenvalue weighted by atomic mass is 9.86. The molecule has 2 atom stereocenters. The summed E-state index contributed by atoms with van der Waals surface area (Å²) in [4.78, 5) is 10.7. The van der Waals surface area contributed by atoms with Gasteiger partial charge in [0.1, 0.15) is 0 Å². The lowest BCUT2D eigenvalue weighted by Crippen LogP contribution is -2.41. The van der Waals surface area contributed by atoms with Gasteiger partial charge in [0.15, 0.2) is 5.60 Å². The number of rotatable bonds is 8. The van der Waals surface area contributed by atoms with Gasteiger partial charge < -0.3 is 10.2 Å². The van der Waals surface area contributed by atoms with Crippen molar-refractivity contribution in [1.82, 2.24) is 0 Å². The van der Waals surface area contributed by atoms with Gasteiger partial charge in [-0.25, -0.2) is 4.79 Å². The number of carboxylic acids is 1. The van der Waals surface area contributed by atoms with Crippen LogP contribution >= 0.6 is 0 Å². The third kappa shape index (κ3) is 5.17. The first kappa shape index (κ1) is 14.4. The molecule has 0 aromatic rings. The highest BCUT2D eigenvalue weighted by Gasteiger charge is 2.35. The molecule has 0 saturated heterocycles. The van der Waals surface area contributed by atoms with Crippen molar-refractivity contribution in [2.24, 2.45) is 5.92 Å². The normalized spacial score (nSPS) is 17.1. The van der Waals surface area contributed by atoms with Gasteiger partial charge >= 0.3 is 5.97 Å². The predicted molar refractivity (Wildman–Crippen MR) is 60.8 cm³/mol. The van der Waals surface area contributed by atoms with Crippen LogP contribution in [-0.4, -0.2) is 21.8 Å². The molecule has 0 aromatic carbocycles. The first-order chi connectivity index (χ1) is 6.92. The van der Waals surface area contributed by atoms with Gasteiger partial charge in [-0.3, -0.25) is 0 Å². The largest absolute Gasteiger partial charge is 0.479 e. The SMILES string of the molecule is CCCCCCCC(C)C(C)(O)C(=O)O. The number of hydrogen-bond donors (Lipinski definition) is 2. The van der Waals surface area contributed by atoms with Crippen LogP contribution in [0.4, 0.5) is 0 Å². The highest BCUT2D eigenvalue weighted by molar-refractivity contribution is 5.76. The summed E-state index contributed by atoms with van der Waals surface area (Å²) in [5, 5.41) is 18.5. The molecule has 0 aliphatic carbocycles. The highest BCUT2D eigenvalue weighted by Crippen LogP contribution is 2.23. The van der Waals surface area contributed by atoms with Crippen LogP contribution in [0.5, 0.6) is 0 Å². The van der Waals surface area contributed by atoms with Gasteiger partial charge in [-0.1, -0.05) is 46.0 Å². The van der Waals surface area contributed by atoms with E-state index in [9.17, 15) is 9.90 Å². The minimum absolute atomic E-state index is 0.184. The van der Waals surface area contributed by atoms with Crippen LogP contribution in [0, 0.1) is 5.92 Å². The molecule has 2 unspecified atom stereocenters. The zero-order valence-corrected chi connectivity index (χ0v) is 10.1. The van der Waals surface area contributed by atoms with Crippen molar-refractivity contribution < 1.29 is 15.0 Å². The molecule has 15 heavy (non-hydrogen) atoms. The van der Waals surface area contributed by atoms with Gasteiger partial charge in [-0.2, -0.15) is 0 Å². The maximum atomic E-state index is 10.7. The molecule has 0 rings (SSSR count). The quantitative estimate of drug-likeness (QED) is 0.613. The summed E-state index contributed by atoms with van der Waals surface area (Å²) in [6.45, 7) is 5.35. The van der Waals surface area contributed by atoms with Crippen LogP contribution < -0.4 is 0 Å². The van der Waals surface area contributed by atoms with E-state index in [2.05, 4.69) is 6.92 Å². The highest BCUT2D eigenvalue weighted by atomic mass is 16.4. The van der Waals surface area contributed by atoms with E-state index in [0.29, 0.717) is 0 Å². The van der Waals surface area contributed by atoms with Crippen LogP contribution in [-0.2, 0) is 4.79 Å². The second kappa shape index (κ2) is 6.83. The van der Waals surface area contributed by atoms with Gasteiger partial charge in [0.25, 0.3) is 0 Å². The van der Waals surface area contributed by atoms with Crippen molar-refractivity contribution in [3.05, 3.63) is 0 Å². The fourth-order valence-electron chi connectivity index (χ4n) is 1.55. The smallest absolute Gasteiger partial charge is 0.335 e. The third-order valence-electron chi connectivity index (χ3n) is 3.13. The zero-order chi connectivity index (χ0) is 11.9. The van der Waals surface area contributed by atoms with Crippen molar-refractivity contribution in [3.63, 3.8) is 0 Å². The Balaban J connectivity index is 3.73. The van der Waals surface area contributed by atoms with Crippen molar-refractivity contribution in [2.45, 2.75) is 64.9 Å². The lowest BCUT2D eigenvalue weighted by molar-refractivity contribution is -0.162. The molecule has 3 heteroatoms. The Labute approximate surface area is 92.5 Å². The molecule has 0 aliphatic rings. The average Bonchev–Trinajstić information content (AvgIpc) is 2.16. The summed E-state index contributed by atoms with van der Waals surface area (Å²) in [6.07, 6.45) is 6.58. The zero-order valence-electron chi connectivity index (χ0n) is 10.1. The van der Waals surface area contributed by atoms with Crippen LogP contribution in [0.3, 0.4) is 0 Å². The van der Waals surface area contributed by atoms with Crippen molar-refractivity contribution in [1.29, 1.82) is 0 Å². The monoisotopic (exact) mass is 216 g/mol. The average molecular weight is 216 g/mol. The van der Waals surface area contributed by atoms with Gasteiger partial charge in [0.05, 0.1) is 0 Å². The van der Waals surface area contributed by atoms with Crippen LogP contribution in [0.2, 0.25) is 0 Å². The molecule has 90 valence electrons. The summed E-state index contributed by atoms with van der Waals surface area (Å²) >= 11 is 0. The van der Waals surface area contributed by atoms with E-state index in [1.807, 2.05) is 0 Å². The topological polar surface area (TPSA) is 57.5 Å². The second-order valence-corrected chi connectivity index (χ2v) is 4.56. The molecule has 0 radical (unpaired) electrons. The standard InChI is InChI=1S/C12H24O3/c1-4-5-6-7-8-9-10(2)12(3,15)11(13)14/h10,15H,4-9H2,1-3H3,(H,13,14). The summed E-state index contributed by atoms with van der Waals surface area (Å²) in [5.41, 5.74) is -1.58. The Morgan fingerprint density at radius 2 is 1.80 bits per heavy atom. The first-order valence-corrected chi connectivity index (χ1v) is 5.88. The molecule has 0 amide bonds. The molecule has 0 aromatic heterocycles. The van der Waals surface area contributed by atoms with Crippen LogP contribution in [0.1, 0.15) is 59.3 Å². The Morgan fingerprint density at radius 1 is 1.27 bits per heavy atom.